The molecule has 3 heterocycles. The van der Waals surface area contributed by atoms with Gasteiger partial charge in [0.05, 0.1) is 5.56 Å². The summed E-state index contributed by atoms with van der Waals surface area (Å²) in [6, 6.07) is 11.1. The summed E-state index contributed by atoms with van der Waals surface area (Å²) in [6.07, 6.45) is 4.89. The predicted molar refractivity (Wildman–Crippen MR) is 158 cm³/mol. The highest BCUT2D eigenvalue weighted by Crippen LogP contribution is 2.38. The Kier molecular flexibility index (Phi) is 10.2. The lowest BCUT2D eigenvalue weighted by molar-refractivity contribution is 0.0937. The van der Waals surface area contributed by atoms with Crippen molar-refractivity contribution < 1.29 is 15.0 Å². The van der Waals surface area contributed by atoms with Crippen molar-refractivity contribution in [3.63, 3.8) is 0 Å². The molecule has 0 aliphatic carbocycles. The van der Waals surface area contributed by atoms with Crippen LogP contribution in [-0.4, -0.2) is 80.0 Å². The number of hydrogen-bond acceptors (Lipinski definition) is 7. The van der Waals surface area contributed by atoms with Crippen LogP contribution in [0.15, 0.2) is 36.4 Å². The summed E-state index contributed by atoms with van der Waals surface area (Å²) < 4.78 is 1.70. The van der Waals surface area contributed by atoms with Crippen molar-refractivity contribution in [3.8, 4) is 28.6 Å². The van der Waals surface area contributed by atoms with E-state index in [1.54, 1.807) is 10.6 Å². The predicted octanol–water partition coefficient (Wildman–Crippen LogP) is 4.92. The summed E-state index contributed by atoms with van der Waals surface area (Å²) in [5.41, 5.74) is 3.04. The molecular weight excluding hydrogens is 504 g/mol. The Hall–Kier alpha value is -3.43. The third-order valence-corrected chi connectivity index (χ3v) is 7.59. The van der Waals surface area contributed by atoms with Gasteiger partial charge in [0.15, 0.2) is 5.82 Å². The number of benzene rings is 2. The zero-order valence-electron chi connectivity index (χ0n) is 24.4. The van der Waals surface area contributed by atoms with Gasteiger partial charge >= 0.3 is 0 Å². The van der Waals surface area contributed by atoms with Gasteiger partial charge in [-0.15, -0.1) is 10.2 Å². The monoisotopic (exact) mass is 548 g/mol. The summed E-state index contributed by atoms with van der Waals surface area (Å²) in [5.74, 6) is 0.134. The zero-order valence-corrected chi connectivity index (χ0v) is 24.4. The fraction of sp³-hybridized carbons (Fsp3) is 0.516. The van der Waals surface area contributed by atoms with Crippen molar-refractivity contribution in [2.75, 3.05) is 39.3 Å². The Balaban J connectivity index is 0.00000181. The largest absolute Gasteiger partial charge is 0.508 e. The molecule has 2 aliphatic rings. The minimum absolute atomic E-state index is 0.0264. The zero-order chi connectivity index (χ0) is 28.6. The van der Waals surface area contributed by atoms with Crippen LogP contribution in [0, 0.1) is 0 Å². The summed E-state index contributed by atoms with van der Waals surface area (Å²) in [5, 5.41) is 32.8. The first kappa shape index (κ1) is 29.6. The van der Waals surface area contributed by atoms with E-state index in [0.29, 0.717) is 23.5 Å². The molecular formula is C31H44N6O3. The van der Waals surface area contributed by atoms with E-state index in [1.807, 2.05) is 39.8 Å². The average molecular weight is 549 g/mol. The second kappa shape index (κ2) is 13.8. The topological polar surface area (TPSA) is 107 Å². The Morgan fingerprint density at radius 3 is 2.15 bits per heavy atom. The number of phenolic OH excluding ortho intramolecular Hbond substituents is 2. The minimum atomic E-state index is -0.313. The van der Waals surface area contributed by atoms with E-state index < -0.39 is 0 Å². The normalized spacial score (nSPS) is 15.8. The fourth-order valence-electron chi connectivity index (χ4n) is 5.45. The number of nitrogens with one attached hydrogen (secondary N) is 1. The molecule has 2 aliphatic heterocycles. The highest BCUT2D eigenvalue weighted by atomic mass is 16.3. The number of nitrogens with zero attached hydrogens (tertiary/aromatic N) is 5. The van der Waals surface area contributed by atoms with Gasteiger partial charge in [-0.05, 0) is 87.1 Å². The van der Waals surface area contributed by atoms with Crippen molar-refractivity contribution >= 4 is 5.91 Å². The first-order chi connectivity index (χ1) is 19.4. The van der Waals surface area contributed by atoms with Crippen LogP contribution in [0.25, 0.3) is 17.1 Å². The number of carbonyl (C=O) groups excluding carboxylic acids is 1. The van der Waals surface area contributed by atoms with Gasteiger partial charge in [0.25, 0.3) is 5.91 Å². The van der Waals surface area contributed by atoms with Gasteiger partial charge in [-0.2, -0.15) is 0 Å². The molecule has 0 bridgehead atoms. The number of amides is 1. The summed E-state index contributed by atoms with van der Waals surface area (Å²) in [6.45, 7) is 14.5. The first-order valence-corrected chi connectivity index (χ1v) is 14.7. The summed E-state index contributed by atoms with van der Waals surface area (Å²) in [4.78, 5) is 18.1. The third kappa shape index (κ3) is 6.82. The van der Waals surface area contributed by atoms with E-state index in [-0.39, 0.29) is 29.1 Å². The van der Waals surface area contributed by atoms with E-state index in [1.165, 1.54) is 37.3 Å². The molecule has 2 aromatic carbocycles. The number of rotatable bonds is 9. The third-order valence-electron chi connectivity index (χ3n) is 7.59. The number of aromatic nitrogens is 3. The number of aromatic hydroxyl groups is 2. The van der Waals surface area contributed by atoms with Crippen LogP contribution in [0.3, 0.4) is 0 Å². The first-order valence-electron chi connectivity index (χ1n) is 14.7. The molecule has 2 saturated heterocycles. The van der Waals surface area contributed by atoms with Gasteiger partial charge in [0.1, 0.15) is 11.5 Å². The maximum atomic E-state index is 13.3. The van der Waals surface area contributed by atoms with Crippen molar-refractivity contribution in [2.24, 2.45) is 0 Å². The molecule has 9 nitrogen and oxygen atoms in total. The van der Waals surface area contributed by atoms with Crippen molar-refractivity contribution in [1.29, 1.82) is 0 Å². The SMILES string of the molecule is CC.CC(C)c1cc(-c2nnc(C(=O)NCCN3CCCC3)n2-c2ccc(CN3CCCC3)cc2)c(O)cc1O. The average Bonchev–Trinajstić information content (AvgIpc) is 3.73. The maximum Gasteiger partial charge on any atom is 0.289 e. The lowest BCUT2D eigenvalue weighted by atomic mass is 9.98. The maximum absolute atomic E-state index is 13.3. The molecule has 9 heteroatoms. The van der Waals surface area contributed by atoms with Crippen LogP contribution in [-0.2, 0) is 6.54 Å². The molecule has 0 saturated carbocycles. The van der Waals surface area contributed by atoms with Crippen molar-refractivity contribution in [3.05, 3.63) is 53.3 Å². The molecule has 1 aromatic heterocycles. The van der Waals surface area contributed by atoms with E-state index >= 15 is 0 Å². The second-order valence-corrected chi connectivity index (χ2v) is 10.7. The van der Waals surface area contributed by atoms with Crippen molar-refractivity contribution in [2.45, 2.75) is 65.8 Å². The van der Waals surface area contributed by atoms with Gasteiger partial charge in [-0.1, -0.05) is 39.8 Å². The lowest BCUT2D eigenvalue weighted by Crippen LogP contribution is -2.34. The number of phenols is 2. The molecule has 40 heavy (non-hydrogen) atoms. The number of carbonyl (C=O) groups is 1. The Morgan fingerprint density at radius 1 is 0.900 bits per heavy atom. The molecule has 3 aromatic rings. The molecule has 2 fully saturated rings. The van der Waals surface area contributed by atoms with E-state index in [2.05, 4.69) is 37.4 Å². The molecule has 0 unspecified atom stereocenters. The van der Waals surface area contributed by atoms with Crippen LogP contribution in [0.1, 0.15) is 81.0 Å². The molecule has 0 atom stereocenters. The van der Waals surface area contributed by atoms with Crippen LogP contribution < -0.4 is 5.32 Å². The molecule has 216 valence electrons. The summed E-state index contributed by atoms with van der Waals surface area (Å²) in [7, 11) is 0. The number of likely N-dealkylation sites (tertiary alicyclic amines) is 2. The highest BCUT2D eigenvalue weighted by Gasteiger charge is 2.25. The van der Waals surface area contributed by atoms with Crippen molar-refractivity contribution in [1.82, 2.24) is 29.9 Å². The second-order valence-electron chi connectivity index (χ2n) is 10.7. The Morgan fingerprint density at radius 2 is 1.52 bits per heavy atom. The van der Waals surface area contributed by atoms with Gasteiger partial charge < -0.3 is 20.4 Å². The minimum Gasteiger partial charge on any atom is -0.508 e. The lowest BCUT2D eigenvalue weighted by Gasteiger charge is -2.17. The van der Waals surface area contributed by atoms with Gasteiger partial charge in [-0.3, -0.25) is 14.3 Å². The summed E-state index contributed by atoms with van der Waals surface area (Å²) >= 11 is 0. The molecule has 1 amide bonds. The van der Waals surface area contributed by atoms with E-state index in [9.17, 15) is 15.0 Å². The van der Waals surface area contributed by atoms with Crippen LogP contribution in [0.4, 0.5) is 0 Å². The fourth-order valence-corrected chi connectivity index (χ4v) is 5.45. The Bertz CT molecular complexity index is 1260. The van der Waals surface area contributed by atoms with Gasteiger partial charge in [0, 0.05) is 31.4 Å². The number of hydrogen-bond donors (Lipinski definition) is 3. The van der Waals surface area contributed by atoms with E-state index in [4.69, 9.17) is 0 Å². The standard InChI is InChI=1S/C29H38N6O3.C2H6/c1-20(2)23-17-24(26(37)18-25(23)36)27-31-32-28(29(38)30-11-16-33-12-3-4-13-33)35(27)22-9-7-21(8-10-22)19-34-14-5-6-15-34;1-2/h7-10,17-18,20,36-37H,3-6,11-16,19H2,1-2H3,(H,30,38);1-2H3. The van der Waals surface area contributed by atoms with Gasteiger partial charge in [0.2, 0.25) is 5.82 Å². The molecule has 0 spiro atoms. The molecule has 3 N–H and O–H groups in total. The van der Waals surface area contributed by atoms with Crippen LogP contribution in [0.2, 0.25) is 0 Å². The van der Waals surface area contributed by atoms with Crippen LogP contribution >= 0.6 is 0 Å². The van der Waals surface area contributed by atoms with E-state index in [0.717, 1.165) is 45.0 Å². The Labute approximate surface area is 237 Å². The quantitative estimate of drug-likeness (QED) is 0.349. The van der Waals surface area contributed by atoms with Crippen LogP contribution in [0.5, 0.6) is 11.5 Å². The molecule has 5 rings (SSSR count). The highest BCUT2D eigenvalue weighted by molar-refractivity contribution is 5.92. The molecule has 0 radical (unpaired) electrons. The smallest absolute Gasteiger partial charge is 0.289 e. The van der Waals surface area contributed by atoms with Gasteiger partial charge in [-0.25, -0.2) is 0 Å².